The Morgan fingerprint density at radius 3 is 2.58 bits per heavy atom. The topological polar surface area (TPSA) is 43.1 Å². The number of aromatic nitrogens is 4. The summed E-state index contributed by atoms with van der Waals surface area (Å²) in [7, 11) is 0. The quantitative estimate of drug-likeness (QED) is 0.202. The van der Waals surface area contributed by atoms with Crippen LogP contribution in [0.25, 0.3) is 83.2 Å². The third kappa shape index (κ3) is 3.23. The predicted molar refractivity (Wildman–Crippen MR) is 177 cm³/mol. The molecule has 8 aromatic rings. The lowest BCUT2D eigenvalue weighted by atomic mass is 9.79. The maximum atomic E-state index is 5.16. The van der Waals surface area contributed by atoms with E-state index >= 15 is 0 Å². The lowest BCUT2D eigenvalue weighted by Crippen LogP contribution is -2.04. The van der Waals surface area contributed by atoms with Crippen molar-refractivity contribution in [3.8, 4) is 22.5 Å². The highest BCUT2D eigenvalue weighted by Gasteiger charge is 2.22. The summed E-state index contributed by atoms with van der Waals surface area (Å²) in [4.78, 5) is 9.76. The van der Waals surface area contributed by atoms with Crippen LogP contribution in [0, 0.1) is 0 Å². The molecule has 0 bridgehead atoms. The molecule has 0 aliphatic heterocycles. The van der Waals surface area contributed by atoms with Crippen molar-refractivity contribution < 1.29 is 0 Å². The first-order valence-electron chi connectivity index (χ1n) is 14.8. The van der Waals surface area contributed by atoms with Gasteiger partial charge in [-0.1, -0.05) is 78.9 Å². The van der Waals surface area contributed by atoms with Gasteiger partial charge in [-0.25, -0.2) is 9.50 Å². The van der Waals surface area contributed by atoms with Gasteiger partial charge in [-0.2, -0.15) is 5.10 Å². The summed E-state index contributed by atoms with van der Waals surface area (Å²) in [6, 6.07) is 34.7. The molecule has 2 aliphatic carbocycles. The molecule has 4 nitrogen and oxygen atoms in total. The summed E-state index contributed by atoms with van der Waals surface area (Å²) >= 11 is 0. The smallest absolute Gasteiger partial charge is 0.0972 e. The normalized spacial score (nSPS) is 13.9. The van der Waals surface area contributed by atoms with Gasteiger partial charge in [0, 0.05) is 22.4 Å². The minimum absolute atomic E-state index is 0.879. The third-order valence-electron chi connectivity index (χ3n) is 9.29. The SMILES string of the molecule is C1=Cc2ccc3ccc(-c4ccc5c(c4)nn4c(-c6ccc7ccc8cccnc8c7n6)cccc54)c4c3c2C(=CC4)C1. The number of benzene rings is 4. The van der Waals surface area contributed by atoms with Gasteiger partial charge in [0.1, 0.15) is 0 Å². The fourth-order valence-electron chi connectivity index (χ4n) is 7.28. The van der Waals surface area contributed by atoms with Gasteiger partial charge >= 0.3 is 0 Å². The molecule has 0 saturated heterocycles. The molecule has 10 rings (SSSR count). The highest BCUT2D eigenvalue weighted by atomic mass is 15.2. The fourth-order valence-corrected chi connectivity index (χ4v) is 7.28. The molecular formula is C39H24N4. The molecule has 0 saturated carbocycles. The zero-order chi connectivity index (χ0) is 28.1. The average molecular weight is 549 g/mol. The number of nitrogens with zero attached hydrogens (tertiary/aromatic N) is 4. The van der Waals surface area contributed by atoms with Crippen LogP contribution in [0.4, 0.5) is 0 Å². The lowest BCUT2D eigenvalue weighted by Gasteiger charge is -2.25. The van der Waals surface area contributed by atoms with E-state index in [0.717, 1.165) is 62.5 Å². The van der Waals surface area contributed by atoms with Gasteiger partial charge in [-0.15, -0.1) is 0 Å². The molecule has 0 amide bonds. The predicted octanol–water partition coefficient (Wildman–Crippen LogP) is 9.43. The summed E-state index contributed by atoms with van der Waals surface area (Å²) in [5, 5.41) is 11.2. The molecule has 0 radical (unpaired) electrons. The number of pyridine rings is 3. The molecule has 0 atom stereocenters. The van der Waals surface area contributed by atoms with Gasteiger partial charge < -0.3 is 0 Å². The first kappa shape index (κ1) is 23.0. The number of hydrogen-bond donors (Lipinski definition) is 0. The van der Waals surface area contributed by atoms with E-state index in [1.807, 2.05) is 16.8 Å². The Kier molecular flexibility index (Phi) is 4.53. The van der Waals surface area contributed by atoms with Crippen LogP contribution in [0.3, 0.4) is 0 Å². The molecule has 2 aliphatic rings. The molecule has 0 fully saturated rings. The van der Waals surface area contributed by atoms with E-state index in [9.17, 15) is 0 Å². The van der Waals surface area contributed by atoms with E-state index in [-0.39, 0.29) is 0 Å². The van der Waals surface area contributed by atoms with Gasteiger partial charge in [0.25, 0.3) is 0 Å². The number of fused-ring (bicyclic) bond motifs is 6. The van der Waals surface area contributed by atoms with Gasteiger partial charge in [-0.05, 0) is 93.4 Å². The van der Waals surface area contributed by atoms with E-state index in [2.05, 4.69) is 114 Å². The molecule has 43 heavy (non-hydrogen) atoms. The Balaban J connectivity index is 1.16. The molecule has 4 heterocycles. The molecular weight excluding hydrogens is 524 g/mol. The zero-order valence-electron chi connectivity index (χ0n) is 23.3. The Labute approximate surface area is 247 Å². The van der Waals surface area contributed by atoms with Crippen molar-refractivity contribution in [3.05, 3.63) is 132 Å². The second-order valence-corrected chi connectivity index (χ2v) is 11.6. The van der Waals surface area contributed by atoms with Crippen LogP contribution >= 0.6 is 0 Å². The molecule has 4 aromatic carbocycles. The molecule has 0 spiro atoms. The Morgan fingerprint density at radius 2 is 1.60 bits per heavy atom. The number of hydrogen-bond acceptors (Lipinski definition) is 3. The van der Waals surface area contributed by atoms with Crippen LogP contribution in [0.1, 0.15) is 23.1 Å². The number of allylic oxidation sites excluding steroid dienone is 3. The van der Waals surface area contributed by atoms with E-state index < -0.39 is 0 Å². The van der Waals surface area contributed by atoms with Crippen LogP contribution < -0.4 is 0 Å². The standard InChI is InChI=1S/C39H24N4/c1-4-23-9-10-25-13-17-29(30-18-14-24(5-1)36(23)37(25)30)28-15-19-31-33(22-28)42-43-34(31)7-2-8-35(43)32-20-16-27-12-11-26-6-3-21-40-38(26)39(27)41-32/h1-4,6-17,19-22H,5,18H2. The monoisotopic (exact) mass is 548 g/mol. The highest BCUT2D eigenvalue weighted by molar-refractivity contribution is 6.06. The molecule has 0 N–H and O–H groups in total. The average Bonchev–Trinajstić information content (AvgIpc) is 3.45. The third-order valence-corrected chi connectivity index (χ3v) is 9.29. The van der Waals surface area contributed by atoms with Crippen molar-refractivity contribution in [2.75, 3.05) is 0 Å². The van der Waals surface area contributed by atoms with Crippen molar-refractivity contribution >= 4 is 60.6 Å². The molecule has 0 unspecified atom stereocenters. The van der Waals surface area contributed by atoms with Crippen LogP contribution in [0.15, 0.2) is 115 Å². The van der Waals surface area contributed by atoms with E-state index in [0.29, 0.717) is 0 Å². The largest absolute Gasteiger partial charge is 0.254 e. The Morgan fingerprint density at radius 1 is 0.721 bits per heavy atom. The van der Waals surface area contributed by atoms with E-state index in [1.165, 1.54) is 44.2 Å². The summed E-state index contributed by atoms with van der Waals surface area (Å²) in [5.41, 5.74) is 13.9. The van der Waals surface area contributed by atoms with Crippen LogP contribution in [0.2, 0.25) is 0 Å². The second kappa shape index (κ2) is 8.46. The van der Waals surface area contributed by atoms with Crippen molar-refractivity contribution in [1.29, 1.82) is 0 Å². The number of rotatable bonds is 2. The first-order valence-corrected chi connectivity index (χ1v) is 14.8. The van der Waals surface area contributed by atoms with Crippen LogP contribution in [0.5, 0.6) is 0 Å². The summed E-state index contributed by atoms with van der Waals surface area (Å²) in [6.45, 7) is 0. The Bertz CT molecular complexity index is 2570. The van der Waals surface area contributed by atoms with Crippen molar-refractivity contribution in [2.45, 2.75) is 12.8 Å². The summed E-state index contributed by atoms with van der Waals surface area (Å²) in [5.74, 6) is 0. The van der Waals surface area contributed by atoms with Gasteiger partial charge in [-0.3, -0.25) is 4.98 Å². The van der Waals surface area contributed by atoms with Gasteiger partial charge in [0.05, 0.1) is 33.5 Å². The molecule has 4 heteroatoms. The van der Waals surface area contributed by atoms with Crippen molar-refractivity contribution in [1.82, 2.24) is 19.6 Å². The van der Waals surface area contributed by atoms with E-state index in [1.54, 1.807) is 0 Å². The van der Waals surface area contributed by atoms with Crippen molar-refractivity contribution in [3.63, 3.8) is 0 Å². The summed E-state index contributed by atoms with van der Waals surface area (Å²) in [6.07, 6.45) is 10.8. The minimum Gasteiger partial charge on any atom is -0.254 e. The van der Waals surface area contributed by atoms with E-state index in [4.69, 9.17) is 10.1 Å². The van der Waals surface area contributed by atoms with Crippen LogP contribution in [-0.2, 0) is 6.42 Å². The highest BCUT2D eigenvalue weighted by Crippen LogP contribution is 2.43. The Hall–Kier alpha value is -5.61. The van der Waals surface area contributed by atoms with Crippen LogP contribution in [-0.4, -0.2) is 19.6 Å². The zero-order valence-corrected chi connectivity index (χ0v) is 23.3. The maximum Gasteiger partial charge on any atom is 0.0972 e. The maximum absolute atomic E-state index is 5.16. The summed E-state index contributed by atoms with van der Waals surface area (Å²) < 4.78 is 2.04. The van der Waals surface area contributed by atoms with Gasteiger partial charge in [0.15, 0.2) is 0 Å². The molecule has 4 aromatic heterocycles. The van der Waals surface area contributed by atoms with Gasteiger partial charge in [0.2, 0.25) is 0 Å². The lowest BCUT2D eigenvalue weighted by molar-refractivity contribution is 0.984. The minimum atomic E-state index is 0.879. The van der Waals surface area contributed by atoms with Crippen molar-refractivity contribution in [2.24, 2.45) is 0 Å². The first-order chi connectivity index (χ1) is 21.3. The fraction of sp³-hybridized carbons (Fsp3) is 0.0513. The second-order valence-electron chi connectivity index (χ2n) is 11.6. The molecule has 200 valence electrons.